The molecule has 2 bridgehead atoms. The van der Waals surface area contributed by atoms with Crippen LogP contribution in [0.2, 0.25) is 0 Å². The fourth-order valence-corrected chi connectivity index (χ4v) is 8.07. The topological polar surface area (TPSA) is 145 Å². The second-order valence-electron chi connectivity index (χ2n) is 14.3. The fourth-order valence-electron chi connectivity index (χ4n) is 8.07. The van der Waals surface area contributed by atoms with Gasteiger partial charge in [0.15, 0.2) is 17.2 Å². The molecule has 5 fully saturated rings. The van der Waals surface area contributed by atoms with E-state index in [1.165, 1.54) is 16.0 Å². The highest BCUT2D eigenvalue weighted by molar-refractivity contribution is 6.10. The first-order valence-corrected chi connectivity index (χ1v) is 15.0. The number of ether oxygens (including phenoxy) is 1. The van der Waals surface area contributed by atoms with Crippen molar-refractivity contribution >= 4 is 35.3 Å². The Hall–Kier alpha value is -3.64. The lowest BCUT2D eigenvalue weighted by Crippen LogP contribution is -2.60. The predicted molar refractivity (Wildman–Crippen MR) is 148 cm³/mol. The van der Waals surface area contributed by atoms with Gasteiger partial charge in [0.1, 0.15) is 24.1 Å². The van der Waals surface area contributed by atoms with Crippen molar-refractivity contribution in [3.8, 4) is 5.75 Å². The molecule has 0 aromatic carbocycles. The SMILES string of the molecule is CC(C)(C)[C@H](NC(=O)C1(F)CC1)C(=O)N1C[C@@H]2[C@H]3C[C@@H]([C@@H]2[C@H]1C(=O)N1C[C@@]2(CC1=N)Oc1cccnc1NC2=O)[C@H](F)C3. The summed E-state index contributed by atoms with van der Waals surface area (Å²) in [5.41, 5.74) is -4.35. The summed E-state index contributed by atoms with van der Waals surface area (Å²) in [5.74, 6) is -3.02. The number of hydrogen-bond donors (Lipinski definition) is 3. The first-order chi connectivity index (χ1) is 20.2. The van der Waals surface area contributed by atoms with Gasteiger partial charge in [-0.3, -0.25) is 29.5 Å². The van der Waals surface area contributed by atoms with Crippen LogP contribution in [0.1, 0.15) is 52.9 Å². The second kappa shape index (κ2) is 9.18. The Morgan fingerprint density at radius 3 is 2.67 bits per heavy atom. The van der Waals surface area contributed by atoms with Crippen LogP contribution in [0.4, 0.5) is 14.6 Å². The van der Waals surface area contributed by atoms with E-state index < -0.39 is 70.4 Å². The number of halogens is 2. The summed E-state index contributed by atoms with van der Waals surface area (Å²) in [5, 5.41) is 14.1. The molecule has 1 aromatic rings. The normalized spacial score (nSPS) is 35.7. The number of pyridine rings is 1. The molecular formula is C30H36F2N6O5. The Labute approximate surface area is 247 Å². The Morgan fingerprint density at radius 1 is 1.23 bits per heavy atom. The maximum Gasteiger partial charge on any atom is 0.272 e. The predicted octanol–water partition coefficient (Wildman–Crippen LogP) is 2.21. The van der Waals surface area contributed by atoms with Gasteiger partial charge >= 0.3 is 0 Å². The lowest BCUT2D eigenvalue weighted by Gasteiger charge is -2.38. The number of likely N-dealkylation sites (tertiary alicyclic amines) is 2. The number of aromatic nitrogens is 1. The van der Waals surface area contributed by atoms with Gasteiger partial charge in [0.25, 0.3) is 17.7 Å². The van der Waals surface area contributed by atoms with E-state index in [0.717, 1.165) is 0 Å². The van der Waals surface area contributed by atoms with E-state index in [2.05, 4.69) is 15.6 Å². The minimum Gasteiger partial charge on any atom is -0.471 e. The van der Waals surface area contributed by atoms with Crippen LogP contribution in [0.5, 0.6) is 5.75 Å². The number of rotatable bonds is 4. The summed E-state index contributed by atoms with van der Waals surface area (Å²) in [7, 11) is 0. The number of fused-ring (bicyclic) bond motifs is 6. The van der Waals surface area contributed by atoms with Gasteiger partial charge in [0, 0.05) is 12.7 Å². The third-order valence-electron chi connectivity index (χ3n) is 10.5. The van der Waals surface area contributed by atoms with Gasteiger partial charge in [-0.2, -0.15) is 0 Å². The van der Waals surface area contributed by atoms with Crippen LogP contribution in [0, 0.1) is 34.5 Å². The molecule has 13 heteroatoms. The van der Waals surface area contributed by atoms with E-state index >= 15 is 4.39 Å². The van der Waals surface area contributed by atoms with E-state index in [1.54, 1.807) is 32.9 Å². The molecule has 2 saturated heterocycles. The number of hydrogen-bond acceptors (Lipinski definition) is 7. The average molecular weight is 599 g/mol. The molecule has 3 N–H and O–H groups in total. The fraction of sp³-hybridized carbons (Fsp3) is 0.667. The van der Waals surface area contributed by atoms with Crippen LogP contribution in [0.3, 0.4) is 0 Å². The number of nitrogens with zero attached hydrogens (tertiary/aromatic N) is 3. The van der Waals surface area contributed by atoms with E-state index in [0.29, 0.717) is 18.6 Å². The van der Waals surface area contributed by atoms with Crippen molar-refractivity contribution < 1.29 is 32.7 Å². The highest BCUT2D eigenvalue weighted by atomic mass is 19.1. The molecule has 3 aliphatic carbocycles. The zero-order valence-electron chi connectivity index (χ0n) is 24.4. The Balaban J connectivity index is 1.20. The Kier molecular flexibility index (Phi) is 6.01. The molecule has 0 radical (unpaired) electrons. The van der Waals surface area contributed by atoms with Gasteiger partial charge < -0.3 is 20.3 Å². The summed E-state index contributed by atoms with van der Waals surface area (Å²) in [6.07, 6.45) is 1.42. The molecule has 1 aromatic heterocycles. The van der Waals surface area contributed by atoms with Crippen molar-refractivity contribution in [3.63, 3.8) is 0 Å². The molecule has 6 aliphatic rings. The van der Waals surface area contributed by atoms with Gasteiger partial charge in [-0.1, -0.05) is 20.8 Å². The van der Waals surface area contributed by atoms with Crippen molar-refractivity contribution in [1.29, 1.82) is 5.41 Å². The molecule has 4 amide bonds. The van der Waals surface area contributed by atoms with Crippen molar-refractivity contribution in [2.75, 3.05) is 18.4 Å². The maximum atomic E-state index is 15.2. The highest BCUT2D eigenvalue weighted by Crippen LogP contribution is 2.59. The van der Waals surface area contributed by atoms with E-state index in [4.69, 9.17) is 10.1 Å². The van der Waals surface area contributed by atoms with Gasteiger partial charge in [0.2, 0.25) is 11.5 Å². The molecule has 3 saturated carbocycles. The maximum absolute atomic E-state index is 15.2. The molecule has 3 aliphatic heterocycles. The minimum atomic E-state index is -1.99. The van der Waals surface area contributed by atoms with Crippen LogP contribution in [-0.2, 0) is 19.2 Å². The summed E-state index contributed by atoms with van der Waals surface area (Å²) in [4.78, 5) is 61.4. The molecule has 0 unspecified atom stereocenters. The van der Waals surface area contributed by atoms with E-state index in [9.17, 15) is 23.6 Å². The number of carbonyl (C=O) groups is 4. The minimum absolute atomic E-state index is 0.0159. The van der Waals surface area contributed by atoms with Crippen molar-refractivity contribution in [3.05, 3.63) is 18.3 Å². The molecule has 1 spiro atoms. The molecule has 8 atom stereocenters. The summed E-state index contributed by atoms with van der Waals surface area (Å²) in [6.45, 7) is 5.23. The third kappa shape index (κ3) is 4.24. The number of amides is 4. The first kappa shape index (κ1) is 28.1. The third-order valence-corrected chi connectivity index (χ3v) is 10.5. The number of anilines is 1. The van der Waals surface area contributed by atoms with Crippen LogP contribution in [0.25, 0.3) is 0 Å². The molecule has 7 rings (SSSR count). The lowest BCUT2D eigenvalue weighted by molar-refractivity contribution is -0.148. The van der Waals surface area contributed by atoms with E-state index in [-0.39, 0.29) is 55.8 Å². The summed E-state index contributed by atoms with van der Waals surface area (Å²) < 4.78 is 35.9. The van der Waals surface area contributed by atoms with Crippen LogP contribution >= 0.6 is 0 Å². The van der Waals surface area contributed by atoms with E-state index in [1.807, 2.05) is 0 Å². The zero-order chi connectivity index (χ0) is 30.6. The quantitative estimate of drug-likeness (QED) is 0.485. The molecular weight excluding hydrogens is 562 g/mol. The zero-order valence-corrected chi connectivity index (χ0v) is 24.4. The van der Waals surface area contributed by atoms with Crippen molar-refractivity contribution in [2.45, 2.75) is 82.4 Å². The van der Waals surface area contributed by atoms with Gasteiger partial charge in [-0.05, 0) is 66.9 Å². The van der Waals surface area contributed by atoms with Gasteiger partial charge in [-0.15, -0.1) is 0 Å². The van der Waals surface area contributed by atoms with Crippen molar-refractivity contribution in [2.24, 2.45) is 29.1 Å². The van der Waals surface area contributed by atoms with Crippen LogP contribution in [0.15, 0.2) is 18.3 Å². The van der Waals surface area contributed by atoms with Gasteiger partial charge in [-0.25, -0.2) is 13.8 Å². The molecule has 11 nitrogen and oxygen atoms in total. The van der Waals surface area contributed by atoms with Crippen LogP contribution < -0.4 is 15.4 Å². The first-order valence-electron chi connectivity index (χ1n) is 15.0. The number of amidine groups is 1. The average Bonchev–Trinajstić information content (AvgIpc) is 3.24. The second-order valence-corrected chi connectivity index (χ2v) is 14.3. The summed E-state index contributed by atoms with van der Waals surface area (Å²) >= 11 is 0. The standard InChI is InChI=1S/C30H36F2N6O5/c1-28(2,3)22(35-26(41)29(32)6-7-29)25(40)37-12-16-14-9-15(17(31)10-14)20(16)21(37)24(39)38-13-30(11-19(38)33)27(42)36-23-18(43-30)5-4-8-34-23/h4-5,8,14-17,20-22,33H,6-7,9-13H2,1-3H3,(H,35,41)(H,34,36,42)/t14-,15+,16+,17+,20-,21-,22+,30+/m0/s1. The van der Waals surface area contributed by atoms with Gasteiger partial charge in [0.05, 0.1) is 13.0 Å². The Bertz CT molecular complexity index is 1440. The highest BCUT2D eigenvalue weighted by Gasteiger charge is 2.65. The lowest BCUT2D eigenvalue weighted by atomic mass is 9.77. The largest absolute Gasteiger partial charge is 0.471 e. The smallest absolute Gasteiger partial charge is 0.272 e. The number of carbonyl (C=O) groups excluding carboxylic acids is 4. The molecule has 230 valence electrons. The number of alkyl halides is 2. The monoisotopic (exact) mass is 598 g/mol. The van der Waals surface area contributed by atoms with Crippen molar-refractivity contribution in [1.82, 2.24) is 20.1 Å². The van der Waals surface area contributed by atoms with Crippen LogP contribution in [-0.4, -0.2) is 86.9 Å². The molecule has 4 heterocycles. The number of nitrogens with one attached hydrogen (secondary N) is 3. The molecule has 43 heavy (non-hydrogen) atoms. The Morgan fingerprint density at radius 2 is 1.98 bits per heavy atom. The summed E-state index contributed by atoms with van der Waals surface area (Å²) in [6, 6.07) is 1.07.